The van der Waals surface area contributed by atoms with E-state index in [-0.39, 0.29) is 17.9 Å². The van der Waals surface area contributed by atoms with Gasteiger partial charge in [0.05, 0.1) is 6.04 Å². The molecule has 3 aliphatic heterocycles. The Balaban J connectivity index is 1.14. The van der Waals surface area contributed by atoms with Gasteiger partial charge in [0.2, 0.25) is 0 Å². The van der Waals surface area contributed by atoms with Crippen LogP contribution in [0.5, 0.6) is 0 Å². The molecule has 198 valence electrons. The molecule has 3 saturated heterocycles. The molecule has 38 heavy (non-hydrogen) atoms. The van der Waals surface area contributed by atoms with Crippen molar-refractivity contribution < 1.29 is 18.4 Å². The lowest BCUT2D eigenvalue weighted by atomic mass is 10.0. The Bertz CT molecular complexity index is 1430. The number of amides is 3. The van der Waals surface area contributed by atoms with E-state index in [1.165, 1.54) is 24.3 Å². The first kappa shape index (κ1) is 24.6. The van der Waals surface area contributed by atoms with Gasteiger partial charge in [-0.1, -0.05) is 12.1 Å². The van der Waals surface area contributed by atoms with Crippen LogP contribution in [0.25, 0.3) is 10.8 Å². The maximum Gasteiger partial charge on any atom is 0.320 e. The van der Waals surface area contributed by atoms with Crippen LogP contribution in [0.2, 0.25) is 0 Å². The third kappa shape index (κ3) is 4.45. The molecule has 3 aromatic rings. The average molecular weight is 520 g/mol. The minimum atomic E-state index is -0.428. The second-order valence-corrected chi connectivity index (χ2v) is 10.7. The standard InChI is InChI=1S/C29H31F2N5O2/c1-18-3-6-27(31)26-11-19(4-5-25(18)26)28(37)32-21-12-20(30)13-23(14-21)34-8-7-22(16-34)35-9-10-36-24(17-35)15-33(2)29(36)38/h3-6,11-14,22,24H,7-10,15-17H2,1-2H3,(H,32,37)/t22-,24-/m0/s1. The zero-order chi connectivity index (χ0) is 26.6. The monoisotopic (exact) mass is 519 g/mol. The Kier molecular flexibility index (Phi) is 6.18. The second kappa shape index (κ2) is 9.54. The van der Waals surface area contributed by atoms with Crippen molar-refractivity contribution in [2.45, 2.75) is 25.4 Å². The largest absolute Gasteiger partial charge is 0.370 e. The first-order chi connectivity index (χ1) is 18.3. The summed E-state index contributed by atoms with van der Waals surface area (Å²) in [5.41, 5.74) is 2.32. The minimum absolute atomic E-state index is 0.112. The van der Waals surface area contributed by atoms with Gasteiger partial charge in [0.15, 0.2) is 0 Å². The SMILES string of the molecule is Cc1ccc(F)c2cc(C(=O)Nc3cc(F)cc(N4CC[C@H](N5CCN6C(=O)N(C)C[C@H]6C5)C4)c3)ccc12. The fraction of sp³-hybridized carbons (Fsp3) is 0.379. The van der Waals surface area contributed by atoms with Crippen molar-refractivity contribution in [3.63, 3.8) is 0 Å². The van der Waals surface area contributed by atoms with Crippen LogP contribution < -0.4 is 10.2 Å². The van der Waals surface area contributed by atoms with Gasteiger partial charge >= 0.3 is 6.03 Å². The molecule has 0 spiro atoms. The van der Waals surface area contributed by atoms with E-state index in [9.17, 15) is 18.4 Å². The molecule has 0 unspecified atom stereocenters. The van der Waals surface area contributed by atoms with Crippen molar-refractivity contribution in [2.24, 2.45) is 0 Å². The molecule has 0 aliphatic carbocycles. The summed E-state index contributed by atoms with van der Waals surface area (Å²) in [7, 11) is 1.85. The lowest BCUT2D eigenvalue weighted by Crippen LogP contribution is -2.55. The number of benzene rings is 3. The molecule has 0 aromatic heterocycles. The fourth-order valence-corrected chi connectivity index (χ4v) is 6.14. The molecule has 1 N–H and O–H groups in total. The third-order valence-corrected chi connectivity index (χ3v) is 8.20. The molecule has 9 heteroatoms. The molecule has 3 heterocycles. The van der Waals surface area contributed by atoms with Crippen molar-refractivity contribution in [1.29, 1.82) is 0 Å². The molecule has 7 nitrogen and oxygen atoms in total. The zero-order valence-electron chi connectivity index (χ0n) is 21.6. The Morgan fingerprint density at radius 1 is 0.921 bits per heavy atom. The van der Waals surface area contributed by atoms with Crippen LogP contribution in [-0.4, -0.2) is 85.0 Å². The quantitative estimate of drug-likeness (QED) is 0.558. The van der Waals surface area contributed by atoms with Crippen molar-refractivity contribution in [3.8, 4) is 0 Å². The average Bonchev–Trinajstić information content (AvgIpc) is 3.50. The number of carbonyl (C=O) groups excluding carboxylic acids is 2. The van der Waals surface area contributed by atoms with Crippen LogP contribution >= 0.6 is 0 Å². The first-order valence-electron chi connectivity index (χ1n) is 13.1. The Morgan fingerprint density at radius 2 is 1.76 bits per heavy atom. The number of piperazine rings is 1. The van der Waals surface area contributed by atoms with Gasteiger partial charge in [-0.25, -0.2) is 13.6 Å². The predicted octanol–water partition coefficient (Wildman–Crippen LogP) is 4.31. The van der Waals surface area contributed by atoms with Crippen molar-refractivity contribution in [3.05, 3.63) is 71.3 Å². The number of anilines is 2. The van der Waals surface area contributed by atoms with Gasteiger partial charge < -0.3 is 20.0 Å². The molecular formula is C29H31F2N5O2. The van der Waals surface area contributed by atoms with Crippen molar-refractivity contribution >= 4 is 34.1 Å². The minimum Gasteiger partial charge on any atom is -0.370 e. The van der Waals surface area contributed by atoms with Crippen LogP contribution in [0.3, 0.4) is 0 Å². The summed E-state index contributed by atoms with van der Waals surface area (Å²) < 4.78 is 29.0. The number of rotatable bonds is 4. The maximum atomic E-state index is 14.6. The highest BCUT2D eigenvalue weighted by molar-refractivity contribution is 6.07. The van der Waals surface area contributed by atoms with E-state index in [0.29, 0.717) is 22.7 Å². The summed E-state index contributed by atoms with van der Waals surface area (Å²) in [4.78, 5) is 33.6. The van der Waals surface area contributed by atoms with E-state index in [1.54, 1.807) is 29.2 Å². The molecule has 6 rings (SSSR count). The molecular weight excluding hydrogens is 488 g/mol. The van der Waals surface area contributed by atoms with Crippen molar-refractivity contribution in [2.75, 3.05) is 56.5 Å². The molecule has 3 amide bonds. The summed E-state index contributed by atoms with van der Waals surface area (Å²) in [5.74, 6) is -1.23. The maximum absolute atomic E-state index is 14.6. The van der Waals surface area contributed by atoms with Gasteiger partial charge in [-0.2, -0.15) is 0 Å². The highest BCUT2D eigenvalue weighted by Gasteiger charge is 2.41. The number of halogens is 2. The number of likely N-dealkylation sites (N-methyl/N-ethyl adjacent to an activating group) is 1. The van der Waals surface area contributed by atoms with Gasteiger partial charge in [0.25, 0.3) is 5.91 Å². The number of urea groups is 1. The molecule has 3 aromatic carbocycles. The molecule has 0 saturated carbocycles. The van der Waals surface area contributed by atoms with E-state index < -0.39 is 11.7 Å². The Morgan fingerprint density at radius 3 is 2.61 bits per heavy atom. The highest BCUT2D eigenvalue weighted by atomic mass is 19.1. The van der Waals surface area contributed by atoms with E-state index in [0.717, 1.165) is 62.3 Å². The van der Waals surface area contributed by atoms with Crippen molar-refractivity contribution in [1.82, 2.24) is 14.7 Å². The number of hydrogen-bond donors (Lipinski definition) is 1. The van der Waals surface area contributed by atoms with E-state index in [1.807, 2.05) is 18.9 Å². The number of carbonyl (C=O) groups is 2. The van der Waals surface area contributed by atoms with E-state index in [4.69, 9.17) is 0 Å². The lowest BCUT2D eigenvalue weighted by molar-refractivity contribution is 0.0947. The number of aryl methyl sites for hydroxylation is 1. The molecule has 3 aliphatic rings. The first-order valence-corrected chi connectivity index (χ1v) is 13.1. The summed E-state index contributed by atoms with van der Waals surface area (Å²) in [5, 5.41) is 3.93. The zero-order valence-corrected chi connectivity index (χ0v) is 21.6. The molecule has 0 radical (unpaired) electrons. The second-order valence-electron chi connectivity index (χ2n) is 10.7. The molecule has 0 bridgehead atoms. The van der Waals surface area contributed by atoms with Crippen LogP contribution in [0.15, 0.2) is 48.5 Å². The topological polar surface area (TPSA) is 59.1 Å². The summed E-state index contributed by atoms with van der Waals surface area (Å²) in [6.07, 6.45) is 0.955. The van der Waals surface area contributed by atoms with Gasteiger partial charge in [0, 0.05) is 74.7 Å². The lowest BCUT2D eigenvalue weighted by Gasteiger charge is -2.39. The normalized spacial score (nSPS) is 21.9. The van der Waals surface area contributed by atoms with Gasteiger partial charge in [-0.05, 0) is 60.7 Å². The van der Waals surface area contributed by atoms with Crippen LogP contribution in [0, 0.1) is 18.6 Å². The van der Waals surface area contributed by atoms with Crippen LogP contribution in [-0.2, 0) is 0 Å². The van der Waals surface area contributed by atoms with E-state index in [2.05, 4.69) is 15.1 Å². The number of fused-ring (bicyclic) bond motifs is 2. The number of nitrogens with one attached hydrogen (secondary N) is 1. The summed E-state index contributed by atoms with van der Waals surface area (Å²) >= 11 is 0. The molecule has 2 atom stereocenters. The smallest absolute Gasteiger partial charge is 0.320 e. The van der Waals surface area contributed by atoms with Crippen LogP contribution in [0.4, 0.5) is 25.0 Å². The van der Waals surface area contributed by atoms with Gasteiger partial charge in [-0.3, -0.25) is 9.69 Å². The Hall–Kier alpha value is -3.72. The van der Waals surface area contributed by atoms with Gasteiger partial charge in [-0.15, -0.1) is 0 Å². The number of hydrogen-bond acceptors (Lipinski definition) is 4. The fourth-order valence-electron chi connectivity index (χ4n) is 6.14. The number of nitrogens with zero attached hydrogens (tertiary/aromatic N) is 4. The summed E-state index contributed by atoms with van der Waals surface area (Å²) in [6.45, 7) is 6.62. The summed E-state index contributed by atoms with van der Waals surface area (Å²) in [6, 6.07) is 13.3. The van der Waals surface area contributed by atoms with Crippen LogP contribution in [0.1, 0.15) is 22.3 Å². The predicted molar refractivity (Wildman–Crippen MR) is 144 cm³/mol. The van der Waals surface area contributed by atoms with Gasteiger partial charge in [0.1, 0.15) is 11.6 Å². The highest BCUT2D eigenvalue weighted by Crippen LogP contribution is 2.30. The third-order valence-electron chi connectivity index (χ3n) is 8.20. The Labute approximate surface area is 220 Å². The van der Waals surface area contributed by atoms with E-state index >= 15 is 0 Å². The molecule has 3 fully saturated rings.